The normalized spacial score (nSPS) is 50.7. The van der Waals surface area contributed by atoms with Crippen molar-refractivity contribution in [1.29, 1.82) is 0 Å². The molecule has 8 rings (SSSR count). The van der Waals surface area contributed by atoms with Crippen molar-refractivity contribution < 1.29 is 0 Å². The van der Waals surface area contributed by atoms with E-state index in [0.29, 0.717) is 0 Å². The first-order valence-corrected chi connectivity index (χ1v) is 20.9. The molecule has 0 amide bonds. The van der Waals surface area contributed by atoms with E-state index in [0.717, 1.165) is 82.9 Å². The standard InChI is InChI=1S/C42H70/c1-2-5-17-31-25-27-39(33-26-24-29(14-4-1)28-40(31)33)42-37-22-12-10-20-35(37)41(36-21-11-13-23-38(36)42)34-19-9-8-18-32(34)30-15-6-3-7-16-30/h29-42H,1-28H2/t29-,31?,32?,33?,34?,35+,36?,37?,38?,39-,40+,41?,42?/m0/s1. The predicted octanol–water partition coefficient (Wildman–Crippen LogP) is 12.6. The largest absolute Gasteiger partial charge is 0.0533 e. The third kappa shape index (κ3) is 5.62. The fraction of sp³-hybridized carbons (Fsp3) is 1.00. The van der Waals surface area contributed by atoms with Crippen LogP contribution in [0.5, 0.6) is 0 Å². The van der Waals surface area contributed by atoms with Crippen LogP contribution in [0.25, 0.3) is 0 Å². The summed E-state index contributed by atoms with van der Waals surface area (Å²) in [5.41, 5.74) is 0. The second kappa shape index (κ2) is 13.4. The molecule has 0 aliphatic heterocycles. The summed E-state index contributed by atoms with van der Waals surface area (Å²) in [6.45, 7) is 0. The molecule has 0 aromatic rings. The number of hydrogen-bond acceptors (Lipinski definition) is 0. The maximum Gasteiger partial charge on any atom is -0.0321 e. The minimum atomic E-state index is 1.11. The van der Waals surface area contributed by atoms with Gasteiger partial charge in [-0.1, -0.05) is 116 Å². The zero-order valence-electron chi connectivity index (χ0n) is 27.9. The average Bonchev–Trinajstić information content (AvgIpc) is 3.06. The molecule has 238 valence electrons. The molecule has 0 saturated heterocycles. The highest BCUT2D eigenvalue weighted by Crippen LogP contribution is 2.65. The molecule has 0 spiro atoms. The maximum atomic E-state index is 1.66. The Kier molecular flexibility index (Phi) is 9.37. The smallest absolute Gasteiger partial charge is 0.0321 e. The molecule has 8 fully saturated rings. The van der Waals surface area contributed by atoms with Crippen molar-refractivity contribution in [1.82, 2.24) is 0 Å². The molecule has 8 saturated carbocycles. The molecule has 0 aromatic carbocycles. The van der Waals surface area contributed by atoms with Crippen LogP contribution in [-0.4, -0.2) is 0 Å². The molecule has 0 N–H and O–H groups in total. The SMILES string of the molecule is C1CCC(C2CCCCC2C2C3CCCCC3C([C@H]3CCC4CCCCCC[C@H]5CCC3[C@@H]4C5)C3CCCC[C@H]32)CC1. The monoisotopic (exact) mass is 575 g/mol. The molecule has 2 bridgehead atoms. The predicted molar refractivity (Wildman–Crippen MR) is 178 cm³/mol. The topological polar surface area (TPSA) is 0 Å². The van der Waals surface area contributed by atoms with E-state index in [2.05, 4.69) is 0 Å². The van der Waals surface area contributed by atoms with Gasteiger partial charge in [0, 0.05) is 0 Å². The Balaban J connectivity index is 1.10. The Labute approximate surface area is 262 Å². The summed E-state index contributed by atoms with van der Waals surface area (Å²) in [6, 6.07) is 0. The van der Waals surface area contributed by atoms with Gasteiger partial charge in [-0.15, -0.1) is 0 Å². The molecule has 9 unspecified atom stereocenters. The van der Waals surface area contributed by atoms with E-state index in [1.807, 2.05) is 0 Å². The van der Waals surface area contributed by atoms with E-state index in [4.69, 9.17) is 0 Å². The number of fused-ring (bicyclic) bond motifs is 3. The molecule has 0 heteroatoms. The molecule has 8 aliphatic rings. The lowest BCUT2D eigenvalue weighted by molar-refractivity contribution is -0.144. The third-order valence-electron chi connectivity index (χ3n) is 16.9. The summed E-state index contributed by atoms with van der Waals surface area (Å²) < 4.78 is 0. The van der Waals surface area contributed by atoms with Crippen LogP contribution in [0.4, 0.5) is 0 Å². The fourth-order valence-electron chi connectivity index (χ4n) is 15.5. The first-order valence-electron chi connectivity index (χ1n) is 20.9. The maximum absolute atomic E-state index is 1.66. The van der Waals surface area contributed by atoms with Gasteiger partial charge in [0.2, 0.25) is 0 Å². The van der Waals surface area contributed by atoms with E-state index >= 15 is 0 Å². The highest BCUT2D eigenvalue weighted by atomic mass is 14.6. The van der Waals surface area contributed by atoms with Crippen molar-refractivity contribution in [2.75, 3.05) is 0 Å². The van der Waals surface area contributed by atoms with Gasteiger partial charge in [-0.3, -0.25) is 0 Å². The molecule has 0 nitrogen and oxygen atoms in total. The molecular weight excluding hydrogens is 504 g/mol. The summed E-state index contributed by atoms with van der Waals surface area (Å²) in [6.07, 6.45) is 44.8. The molecule has 0 aromatic heterocycles. The van der Waals surface area contributed by atoms with Gasteiger partial charge >= 0.3 is 0 Å². The Morgan fingerprint density at radius 2 is 0.595 bits per heavy atom. The van der Waals surface area contributed by atoms with Gasteiger partial charge in [0.05, 0.1) is 0 Å². The van der Waals surface area contributed by atoms with Gasteiger partial charge in [0.15, 0.2) is 0 Å². The van der Waals surface area contributed by atoms with Gasteiger partial charge in [0.25, 0.3) is 0 Å². The average molecular weight is 575 g/mol. The van der Waals surface area contributed by atoms with Gasteiger partial charge in [-0.05, 0) is 147 Å². The van der Waals surface area contributed by atoms with Crippen LogP contribution in [0.3, 0.4) is 0 Å². The second-order valence-electron chi connectivity index (χ2n) is 18.4. The van der Waals surface area contributed by atoms with Crippen LogP contribution >= 0.6 is 0 Å². The summed E-state index contributed by atoms with van der Waals surface area (Å²) in [5.74, 6) is 15.8. The van der Waals surface area contributed by atoms with E-state index in [-0.39, 0.29) is 0 Å². The molecule has 0 heterocycles. The lowest BCUT2D eigenvalue weighted by Gasteiger charge is -2.63. The summed E-state index contributed by atoms with van der Waals surface area (Å²) in [5, 5.41) is 0. The summed E-state index contributed by atoms with van der Waals surface area (Å²) in [4.78, 5) is 0. The molecule has 0 radical (unpaired) electrons. The van der Waals surface area contributed by atoms with Crippen LogP contribution in [0.2, 0.25) is 0 Å². The zero-order chi connectivity index (χ0) is 27.9. The lowest BCUT2D eigenvalue weighted by atomic mass is 9.42. The van der Waals surface area contributed by atoms with Crippen molar-refractivity contribution >= 4 is 0 Å². The van der Waals surface area contributed by atoms with Crippen molar-refractivity contribution in [2.24, 2.45) is 82.9 Å². The molecule has 42 heavy (non-hydrogen) atoms. The Morgan fingerprint density at radius 1 is 0.214 bits per heavy atom. The Morgan fingerprint density at radius 3 is 1.17 bits per heavy atom. The first-order chi connectivity index (χ1) is 20.9. The van der Waals surface area contributed by atoms with Gasteiger partial charge in [-0.25, -0.2) is 0 Å². The summed E-state index contributed by atoms with van der Waals surface area (Å²) in [7, 11) is 0. The van der Waals surface area contributed by atoms with Crippen LogP contribution in [0.15, 0.2) is 0 Å². The van der Waals surface area contributed by atoms with Crippen LogP contribution in [-0.2, 0) is 0 Å². The van der Waals surface area contributed by atoms with E-state index in [1.54, 1.807) is 173 Å². The molecular formula is C42H70. The van der Waals surface area contributed by atoms with Crippen LogP contribution < -0.4 is 0 Å². The third-order valence-corrected chi connectivity index (χ3v) is 16.9. The minimum Gasteiger partial charge on any atom is -0.0533 e. The van der Waals surface area contributed by atoms with Crippen molar-refractivity contribution in [3.05, 3.63) is 0 Å². The zero-order valence-corrected chi connectivity index (χ0v) is 27.9. The lowest BCUT2D eigenvalue weighted by Crippen LogP contribution is -2.56. The molecule has 8 aliphatic carbocycles. The van der Waals surface area contributed by atoms with Crippen molar-refractivity contribution in [2.45, 2.75) is 180 Å². The van der Waals surface area contributed by atoms with Crippen LogP contribution in [0.1, 0.15) is 180 Å². The number of hydrogen-bond donors (Lipinski definition) is 0. The second-order valence-corrected chi connectivity index (χ2v) is 18.4. The first kappa shape index (κ1) is 29.4. The fourth-order valence-corrected chi connectivity index (χ4v) is 15.5. The van der Waals surface area contributed by atoms with Crippen molar-refractivity contribution in [3.8, 4) is 0 Å². The van der Waals surface area contributed by atoms with Gasteiger partial charge in [-0.2, -0.15) is 0 Å². The van der Waals surface area contributed by atoms with Crippen molar-refractivity contribution in [3.63, 3.8) is 0 Å². The minimum absolute atomic E-state index is 1.11. The summed E-state index contributed by atoms with van der Waals surface area (Å²) >= 11 is 0. The van der Waals surface area contributed by atoms with Gasteiger partial charge in [0.1, 0.15) is 0 Å². The van der Waals surface area contributed by atoms with E-state index < -0.39 is 0 Å². The Bertz CT molecular complexity index is 828. The van der Waals surface area contributed by atoms with Crippen LogP contribution in [0, 0.1) is 82.9 Å². The Hall–Kier alpha value is 0. The highest BCUT2D eigenvalue weighted by molar-refractivity contribution is 5.07. The van der Waals surface area contributed by atoms with Gasteiger partial charge < -0.3 is 0 Å². The van der Waals surface area contributed by atoms with E-state index in [9.17, 15) is 0 Å². The number of rotatable bonds is 3. The van der Waals surface area contributed by atoms with E-state index in [1.165, 1.54) is 6.42 Å². The quantitative estimate of drug-likeness (QED) is 0.314. The molecule has 13 atom stereocenters. The highest BCUT2D eigenvalue weighted by Gasteiger charge is 2.58.